The van der Waals surface area contributed by atoms with Crippen molar-refractivity contribution >= 4 is 35.5 Å². The molecular formula is C19H31N3O9. The summed E-state index contributed by atoms with van der Waals surface area (Å²) >= 11 is 0. The Hall–Kier alpha value is -3.02. The van der Waals surface area contributed by atoms with E-state index in [4.69, 9.17) is 15.3 Å². The van der Waals surface area contributed by atoms with Gasteiger partial charge >= 0.3 is 17.9 Å². The van der Waals surface area contributed by atoms with Crippen LogP contribution < -0.4 is 16.0 Å². The molecule has 0 bridgehead atoms. The van der Waals surface area contributed by atoms with Gasteiger partial charge in [0.1, 0.15) is 6.04 Å². The van der Waals surface area contributed by atoms with Gasteiger partial charge in [-0.1, -0.05) is 20.3 Å². The maximum atomic E-state index is 12.7. The quantitative estimate of drug-likeness (QED) is 0.178. The average Bonchev–Trinajstić information content (AvgIpc) is 2.67. The van der Waals surface area contributed by atoms with Gasteiger partial charge in [0.15, 0.2) is 5.78 Å². The normalized spacial score (nSPS) is 14.5. The van der Waals surface area contributed by atoms with Crippen LogP contribution >= 0.6 is 0 Å². The van der Waals surface area contributed by atoms with Gasteiger partial charge in [0, 0.05) is 5.92 Å². The van der Waals surface area contributed by atoms with Crippen molar-refractivity contribution in [3.8, 4) is 0 Å². The Morgan fingerprint density at radius 1 is 0.710 bits per heavy atom. The largest absolute Gasteiger partial charge is 0.481 e. The molecule has 0 rings (SSSR count). The Bertz CT molecular complexity index is 681. The van der Waals surface area contributed by atoms with Crippen LogP contribution in [-0.4, -0.2) is 76.0 Å². The number of rotatable bonds is 16. The predicted octanol–water partition coefficient (Wildman–Crippen LogP) is -0.636. The van der Waals surface area contributed by atoms with E-state index in [1.165, 1.54) is 7.05 Å². The number of likely N-dealkylation sites (N-methyl/N-ethyl adjacent to an activating group) is 1. The molecular weight excluding hydrogens is 414 g/mol. The first kappa shape index (κ1) is 28.0. The molecule has 0 aliphatic rings. The van der Waals surface area contributed by atoms with Crippen molar-refractivity contribution in [3.63, 3.8) is 0 Å². The Morgan fingerprint density at radius 3 is 1.55 bits per heavy atom. The molecule has 0 aliphatic carbocycles. The SMILES string of the molecule is CCCC(CC)C(=O)C(CC(=O)O)NC(=O)C(CC(=O)O)NC(=O)C(CC(=O)O)NC. The molecule has 0 aromatic heterocycles. The minimum absolute atomic E-state index is 0.437. The Labute approximate surface area is 179 Å². The molecule has 31 heavy (non-hydrogen) atoms. The zero-order valence-electron chi connectivity index (χ0n) is 17.8. The second-order valence-corrected chi connectivity index (χ2v) is 7.05. The third-order valence-electron chi connectivity index (χ3n) is 4.63. The fourth-order valence-corrected chi connectivity index (χ4v) is 3.01. The minimum atomic E-state index is -1.63. The summed E-state index contributed by atoms with van der Waals surface area (Å²) in [5.41, 5.74) is 0. The fraction of sp³-hybridized carbons (Fsp3) is 0.684. The van der Waals surface area contributed by atoms with Crippen molar-refractivity contribution in [3.05, 3.63) is 0 Å². The summed E-state index contributed by atoms with van der Waals surface area (Å²) in [5, 5.41) is 33.9. The van der Waals surface area contributed by atoms with Crippen molar-refractivity contribution in [1.29, 1.82) is 0 Å². The number of aliphatic carboxylic acids is 3. The topological polar surface area (TPSA) is 199 Å². The summed E-state index contributed by atoms with van der Waals surface area (Å²) in [6.45, 7) is 3.61. The average molecular weight is 445 g/mol. The first-order chi connectivity index (χ1) is 14.5. The van der Waals surface area contributed by atoms with Gasteiger partial charge in [-0.25, -0.2) is 0 Å². The summed E-state index contributed by atoms with van der Waals surface area (Å²) in [6, 6.07) is -4.26. The highest BCUT2D eigenvalue weighted by molar-refractivity contribution is 5.97. The van der Waals surface area contributed by atoms with Crippen LogP contribution in [0, 0.1) is 5.92 Å². The third kappa shape index (κ3) is 10.5. The molecule has 4 atom stereocenters. The Morgan fingerprint density at radius 2 is 1.13 bits per heavy atom. The lowest BCUT2D eigenvalue weighted by atomic mass is 9.90. The number of Topliss-reactive ketones (excluding diaryl/α,β-unsaturated/α-hetero) is 1. The Kier molecular flexibility index (Phi) is 12.7. The summed E-state index contributed by atoms with van der Waals surface area (Å²) in [7, 11) is 1.32. The van der Waals surface area contributed by atoms with Gasteiger partial charge in [0.25, 0.3) is 0 Å². The van der Waals surface area contributed by atoms with Gasteiger partial charge in [-0.3, -0.25) is 28.8 Å². The molecule has 0 fully saturated rings. The van der Waals surface area contributed by atoms with E-state index >= 15 is 0 Å². The molecule has 0 saturated heterocycles. The molecule has 0 radical (unpaired) electrons. The summed E-state index contributed by atoms with van der Waals surface area (Å²) < 4.78 is 0. The number of carboxylic acid groups (broad SMARTS) is 3. The second-order valence-electron chi connectivity index (χ2n) is 7.05. The van der Waals surface area contributed by atoms with E-state index in [-0.39, 0.29) is 0 Å². The molecule has 0 aromatic carbocycles. The minimum Gasteiger partial charge on any atom is -0.481 e. The highest BCUT2D eigenvalue weighted by Gasteiger charge is 2.33. The summed E-state index contributed by atoms with van der Waals surface area (Å²) in [5.74, 6) is -7.00. The monoisotopic (exact) mass is 445 g/mol. The van der Waals surface area contributed by atoms with Gasteiger partial charge in [-0.2, -0.15) is 0 Å². The summed E-state index contributed by atoms with van der Waals surface area (Å²) in [4.78, 5) is 70.8. The maximum Gasteiger partial charge on any atom is 0.305 e. The van der Waals surface area contributed by atoms with Crippen LogP contribution in [0.5, 0.6) is 0 Å². The molecule has 0 saturated carbocycles. The standard InChI is InChI=1S/C19H31N3O9/c1-4-6-10(5-2)17(29)11(7-14(23)24)21-19(31)13(9-16(27)28)22-18(30)12(20-3)8-15(25)26/h10-13,20H,4-9H2,1-3H3,(H,21,31)(H,22,30)(H,23,24)(H,25,26)(H,27,28). The highest BCUT2D eigenvalue weighted by Crippen LogP contribution is 2.16. The maximum absolute atomic E-state index is 12.7. The van der Waals surface area contributed by atoms with Gasteiger partial charge < -0.3 is 31.3 Å². The van der Waals surface area contributed by atoms with E-state index in [2.05, 4.69) is 16.0 Å². The number of carbonyl (C=O) groups excluding carboxylic acids is 3. The van der Waals surface area contributed by atoms with Crippen molar-refractivity contribution < 1.29 is 44.1 Å². The van der Waals surface area contributed by atoms with Crippen molar-refractivity contribution in [2.75, 3.05) is 7.05 Å². The van der Waals surface area contributed by atoms with Gasteiger partial charge in [0.05, 0.1) is 31.3 Å². The zero-order chi connectivity index (χ0) is 24.1. The van der Waals surface area contributed by atoms with Crippen LogP contribution in [0.4, 0.5) is 0 Å². The van der Waals surface area contributed by atoms with Crippen molar-refractivity contribution in [1.82, 2.24) is 16.0 Å². The van der Waals surface area contributed by atoms with E-state index < -0.39 is 78.8 Å². The van der Waals surface area contributed by atoms with E-state index in [1.807, 2.05) is 6.92 Å². The molecule has 6 N–H and O–H groups in total. The smallest absolute Gasteiger partial charge is 0.305 e. The number of hydrogen-bond donors (Lipinski definition) is 6. The molecule has 0 heterocycles. The lowest BCUT2D eigenvalue weighted by Gasteiger charge is -2.25. The van der Waals surface area contributed by atoms with Gasteiger partial charge in [-0.05, 0) is 19.9 Å². The molecule has 0 spiro atoms. The predicted molar refractivity (Wildman–Crippen MR) is 107 cm³/mol. The van der Waals surface area contributed by atoms with Crippen LogP contribution in [0.3, 0.4) is 0 Å². The highest BCUT2D eigenvalue weighted by atomic mass is 16.4. The first-order valence-electron chi connectivity index (χ1n) is 9.93. The fourth-order valence-electron chi connectivity index (χ4n) is 3.01. The Balaban J connectivity index is 5.57. The molecule has 0 aliphatic heterocycles. The first-order valence-corrected chi connectivity index (χ1v) is 9.93. The van der Waals surface area contributed by atoms with Crippen LogP contribution in [0.2, 0.25) is 0 Å². The molecule has 176 valence electrons. The van der Waals surface area contributed by atoms with Crippen LogP contribution in [0.15, 0.2) is 0 Å². The third-order valence-corrected chi connectivity index (χ3v) is 4.63. The molecule has 12 heteroatoms. The van der Waals surface area contributed by atoms with Crippen molar-refractivity contribution in [2.45, 2.75) is 70.5 Å². The zero-order valence-corrected chi connectivity index (χ0v) is 17.8. The van der Waals surface area contributed by atoms with Gasteiger partial charge in [0.2, 0.25) is 11.8 Å². The number of nitrogens with one attached hydrogen (secondary N) is 3. The lowest BCUT2D eigenvalue weighted by molar-refractivity contribution is -0.144. The summed E-state index contributed by atoms with van der Waals surface area (Å²) in [6.07, 6.45) is -0.551. The number of amides is 2. The van der Waals surface area contributed by atoms with Crippen molar-refractivity contribution in [2.24, 2.45) is 5.92 Å². The number of carboxylic acids is 3. The number of ketones is 1. The van der Waals surface area contributed by atoms with Gasteiger partial charge in [-0.15, -0.1) is 0 Å². The van der Waals surface area contributed by atoms with E-state index in [9.17, 15) is 28.8 Å². The van der Waals surface area contributed by atoms with E-state index in [1.54, 1.807) is 6.92 Å². The lowest BCUT2D eigenvalue weighted by Crippen LogP contribution is -2.56. The van der Waals surface area contributed by atoms with Crippen LogP contribution in [-0.2, 0) is 28.8 Å². The van der Waals surface area contributed by atoms with E-state index in [0.29, 0.717) is 19.3 Å². The number of carbonyl (C=O) groups is 6. The number of hydrogen-bond acceptors (Lipinski definition) is 7. The second kappa shape index (κ2) is 14.1. The molecule has 0 aromatic rings. The molecule has 4 unspecified atom stereocenters. The molecule has 2 amide bonds. The van der Waals surface area contributed by atoms with Crippen LogP contribution in [0.1, 0.15) is 52.4 Å². The molecule has 12 nitrogen and oxygen atoms in total. The van der Waals surface area contributed by atoms with Crippen LogP contribution in [0.25, 0.3) is 0 Å². The van der Waals surface area contributed by atoms with E-state index in [0.717, 1.165) is 0 Å².